The maximum absolute atomic E-state index is 14.7. The third-order valence-corrected chi connectivity index (χ3v) is 12.4. The van der Waals surface area contributed by atoms with Crippen molar-refractivity contribution < 1.29 is 33.8 Å². The molecule has 3 aliphatic rings. The molecule has 0 spiro atoms. The Hall–Kier alpha value is -4.24. The molecule has 4 N–H and O–H groups in total. The molecule has 15 heteroatoms. The SMILES string of the molecule is C=C[C@@H]1C[C@]1(NC(=O)[C@@H]1C[C@@H](Oc2cc(-c3csc(NC(C)C)n3)nc3c(Br)c(OC)ccc23)CN1C(=O)[C@@H](CC(=O)NC1CCCC1)C(C)(C)C)C(=O)O. The van der Waals surface area contributed by atoms with Crippen LogP contribution < -0.4 is 25.4 Å². The number of methoxy groups -OCH3 is 1. The predicted octanol–water partition coefficient (Wildman–Crippen LogP) is 6.55. The highest BCUT2D eigenvalue weighted by Gasteiger charge is 2.61. The molecule has 0 bridgehead atoms. The van der Waals surface area contributed by atoms with Crippen LogP contribution in [-0.4, -0.2) is 87.1 Å². The molecule has 3 amide bonds. The molecule has 5 atom stereocenters. The van der Waals surface area contributed by atoms with Crippen LogP contribution in [0.4, 0.5) is 5.13 Å². The second-order valence-electron chi connectivity index (χ2n) is 16.3. The first-order valence-electron chi connectivity index (χ1n) is 18.9. The van der Waals surface area contributed by atoms with Gasteiger partial charge in [-0.05, 0) is 66.6 Å². The molecule has 3 heterocycles. The van der Waals surface area contributed by atoms with E-state index >= 15 is 0 Å². The van der Waals surface area contributed by atoms with Crippen LogP contribution in [0.5, 0.6) is 11.5 Å². The van der Waals surface area contributed by atoms with Crippen molar-refractivity contribution >= 4 is 67.0 Å². The average Bonchev–Trinajstić information content (AvgIpc) is 3.53. The number of anilines is 1. The van der Waals surface area contributed by atoms with Gasteiger partial charge >= 0.3 is 5.97 Å². The number of carboxylic acid groups (broad SMARTS) is 1. The number of hydrogen-bond donors (Lipinski definition) is 4. The van der Waals surface area contributed by atoms with Gasteiger partial charge in [-0.25, -0.2) is 14.8 Å². The van der Waals surface area contributed by atoms with Gasteiger partial charge in [-0.3, -0.25) is 14.4 Å². The van der Waals surface area contributed by atoms with Gasteiger partial charge in [0.25, 0.3) is 0 Å². The van der Waals surface area contributed by atoms with E-state index in [4.69, 9.17) is 19.4 Å². The summed E-state index contributed by atoms with van der Waals surface area (Å²) in [5.74, 6) is -2.45. The van der Waals surface area contributed by atoms with Gasteiger partial charge < -0.3 is 35.4 Å². The van der Waals surface area contributed by atoms with E-state index in [0.29, 0.717) is 38.3 Å². The van der Waals surface area contributed by atoms with Crippen LogP contribution >= 0.6 is 27.3 Å². The van der Waals surface area contributed by atoms with E-state index in [0.717, 1.165) is 30.8 Å². The van der Waals surface area contributed by atoms with E-state index in [1.54, 1.807) is 19.2 Å². The van der Waals surface area contributed by atoms with Crippen LogP contribution in [0.15, 0.2) is 40.7 Å². The summed E-state index contributed by atoms with van der Waals surface area (Å²) in [4.78, 5) is 65.8. The molecule has 296 valence electrons. The number of hydrogen-bond acceptors (Lipinski definition) is 10. The Balaban J connectivity index is 1.34. The normalized spacial score (nSPS) is 23.1. The quantitative estimate of drug-likeness (QED) is 0.131. The van der Waals surface area contributed by atoms with Crippen molar-refractivity contribution in [1.82, 2.24) is 25.5 Å². The molecule has 2 saturated carbocycles. The number of thiazole rings is 1. The van der Waals surface area contributed by atoms with Gasteiger partial charge in [-0.2, -0.15) is 0 Å². The zero-order valence-electron chi connectivity index (χ0n) is 32.2. The first kappa shape index (κ1) is 40.4. The van der Waals surface area contributed by atoms with E-state index in [1.165, 1.54) is 22.3 Å². The van der Waals surface area contributed by atoms with E-state index in [-0.39, 0.29) is 49.7 Å². The molecule has 2 aliphatic carbocycles. The first-order valence-corrected chi connectivity index (χ1v) is 20.6. The average molecular weight is 840 g/mol. The smallest absolute Gasteiger partial charge is 0.330 e. The van der Waals surface area contributed by atoms with Crippen molar-refractivity contribution in [1.29, 1.82) is 0 Å². The number of benzene rings is 1. The highest BCUT2D eigenvalue weighted by Crippen LogP contribution is 2.45. The molecule has 3 aromatic rings. The Morgan fingerprint density at radius 1 is 1.15 bits per heavy atom. The van der Waals surface area contributed by atoms with Crippen LogP contribution in [0.1, 0.15) is 79.6 Å². The minimum absolute atomic E-state index is 0.0360. The van der Waals surface area contributed by atoms with Gasteiger partial charge in [0, 0.05) is 47.7 Å². The number of nitrogens with one attached hydrogen (secondary N) is 3. The number of ether oxygens (including phenoxy) is 2. The summed E-state index contributed by atoms with van der Waals surface area (Å²) in [7, 11) is 1.57. The molecule has 2 aromatic heterocycles. The number of pyridine rings is 1. The second kappa shape index (κ2) is 16.1. The molecule has 3 fully saturated rings. The Bertz CT molecular complexity index is 1970. The lowest BCUT2D eigenvalue weighted by atomic mass is 9.77. The topological polar surface area (TPSA) is 172 Å². The number of aromatic nitrogens is 2. The van der Waals surface area contributed by atoms with E-state index in [1.807, 2.05) is 46.1 Å². The number of amides is 3. The Labute approximate surface area is 334 Å². The molecule has 6 rings (SSSR count). The number of likely N-dealkylation sites (tertiary alicyclic amines) is 1. The highest BCUT2D eigenvalue weighted by molar-refractivity contribution is 9.10. The van der Waals surface area contributed by atoms with Crippen LogP contribution in [-0.2, 0) is 19.2 Å². The van der Waals surface area contributed by atoms with E-state index in [2.05, 4.69) is 38.5 Å². The summed E-state index contributed by atoms with van der Waals surface area (Å²) in [6.07, 6.45) is 5.06. The Morgan fingerprint density at radius 3 is 2.49 bits per heavy atom. The molecule has 1 saturated heterocycles. The monoisotopic (exact) mass is 838 g/mol. The van der Waals surface area contributed by atoms with Crippen molar-refractivity contribution in [2.45, 2.75) is 109 Å². The lowest BCUT2D eigenvalue weighted by molar-refractivity contribution is -0.148. The Kier molecular flexibility index (Phi) is 11.8. The number of aliphatic carboxylic acids is 1. The largest absolute Gasteiger partial charge is 0.495 e. The first-order chi connectivity index (χ1) is 26.0. The second-order valence-corrected chi connectivity index (χ2v) is 17.9. The van der Waals surface area contributed by atoms with Crippen LogP contribution in [0.2, 0.25) is 0 Å². The number of carbonyl (C=O) groups excluding carboxylic acids is 3. The lowest BCUT2D eigenvalue weighted by Crippen LogP contribution is -2.54. The van der Waals surface area contributed by atoms with E-state index in [9.17, 15) is 24.3 Å². The third kappa shape index (κ3) is 8.62. The number of fused-ring (bicyclic) bond motifs is 1. The van der Waals surface area contributed by atoms with Crippen molar-refractivity contribution in [2.75, 3.05) is 19.0 Å². The summed E-state index contributed by atoms with van der Waals surface area (Å²) >= 11 is 5.12. The number of nitrogens with zero attached hydrogens (tertiary/aromatic N) is 3. The van der Waals surface area contributed by atoms with Crippen molar-refractivity contribution in [2.24, 2.45) is 17.3 Å². The molecular weight excluding hydrogens is 788 g/mol. The number of halogens is 1. The Morgan fingerprint density at radius 2 is 1.87 bits per heavy atom. The predicted molar refractivity (Wildman–Crippen MR) is 215 cm³/mol. The summed E-state index contributed by atoms with van der Waals surface area (Å²) in [5, 5.41) is 22.6. The number of carboxylic acids is 1. The third-order valence-electron chi connectivity index (χ3n) is 10.9. The van der Waals surface area contributed by atoms with Crippen molar-refractivity contribution in [3.8, 4) is 22.9 Å². The highest BCUT2D eigenvalue weighted by atomic mass is 79.9. The molecule has 0 radical (unpaired) electrons. The molecule has 0 unspecified atom stereocenters. The maximum Gasteiger partial charge on any atom is 0.330 e. The van der Waals surface area contributed by atoms with Gasteiger partial charge in [0.15, 0.2) is 5.13 Å². The van der Waals surface area contributed by atoms with Gasteiger partial charge in [0.1, 0.15) is 34.9 Å². The lowest BCUT2D eigenvalue weighted by Gasteiger charge is -2.35. The summed E-state index contributed by atoms with van der Waals surface area (Å²) < 4.78 is 13.0. The summed E-state index contributed by atoms with van der Waals surface area (Å²) in [6.45, 7) is 13.6. The molecular formula is C40H51BrN6O7S. The van der Waals surface area contributed by atoms with E-state index < -0.39 is 46.8 Å². The minimum Gasteiger partial charge on any atom is -0.495 e. The molecule has 1 aliphatic heterocycles. The summed E-state index contributed by atoms with van der Waals surface area (Å²) in [5.41, 5.74) is -0.352. The zero-order chi connectivity index (χ0) is 39.8. The van der Waals surface area contributed by atoms with Crippen molar-refractivity contribution in [3.63, 3.8) is 0 Å². The number of carbonyl (C=O) groups is 4. The molecule has 55 heavy (non-hydrogen) atoms. The number of rotatable bonds is 14. The molecule has 1 aromatic carbocycles. The van der Waals surface area contributed by atoms with Gasteiger partial charge in [-0.1, -0.05) is 39.7 Å². The van der Waals surface area contributed by atoms with Crippen LogP contribution in [0.25, 0.3) is 22.3 Å². The maximum atomic E-state index is 14.7. The van der Waals surface area contributed by atoms with Gasteiger partial charge in [-0.15, -0.1) is 17.9 Å². The van der Waals surface area contributed by atoms with Crippen molar-refractivity contribution in [3.05, 3.63) is 40.7 Å². The van der Waals surface area contributed by atoms with Crippen LogP contribution in [0, 0.1) is 17.3 Å². The summed E-state index contributed by atoms with van der Waals surface area (Å²) in [6, 6.07) is 4.68. The van der Waals surface area contributed by atoms with Gasteiger partial charge in [0.05, 0.1) is 35.3 Å². The molecule has 13 nitrogen and oxygen atoms in total. The fourth-order valence-electron chi connectivity index (χ4n) is 7.68. The fourth-order valence-corrected chi connectivity index (χ4v) is 9.13. The minimum atomic E-state index is -1.49. The van der Waals surface area contributed by atoms with Gasteiger partial charge in [0.2, 0.25) is 17.7 Å². The van der Waals surface area contributed by atoms with Crippen LogP contribution in [0.3, 0.4) is 0 Å². The standard InChI is InChI=1S/C40H51BrN6O7S/c1-8-22-18-40(22,37(51)52)46-35(49)29-15-24(19-47(29)36(50)26(39(4,5)6)16-32(48)43-23-11-9-10-12-23)54-31-17-27(28-20-55-38(45-28)42-21(2)3)44-34-25(31)13-14-30(53-7)33(34)41/h8,13-14,17,20-24,26,29H,1,9-12,15-16,18-19H2,2-7H3,(H,42,45)(H,43,48)(H,46,49)(H,51,52)/t22-,24-,26-,29+,40-/m1/s1. The fraction of sp³-hybridized carbons (Fsp3) is 0.550. The zero-order valence-corrected chi connectivity index (χ0v) is 34.6.